The van der Waals surface area contributed by atoms with Crippen molar-refractivity contribution in [2.45, 2.75) is 32.4 Å². The van der Waals surface area contributed by atoms with Gasteiger partial charge in [-0.1, -0.05) is 6.92 Å². The summed E-state index contributed by atoms with van der Waals surface area (Å²) in [5.74, 6) is 0.563. The minimum absolute atomic E-state index is 0.0908. The number of nitrogens with two attached hydrogens (primary N) is 1. The molecule has 2 unspecified atom stereocenters. The topological polar surface area (TPSA) is 60.5 Å². The molecule has 0 radical (unpaired) electrons. The third-order valence-electron chi connectivity index (χ3n) is 4.20. The summed E-state index contributed by atoms with van der Waals surface area (Å²) in [6, 6.07) is 3.94. The Morgan fingerprint density at radius 2 is 2.35 bits per heavy atom. The molecule has 0 aromatic carbocycles. The summed E-state index contributed by atoms with van der Waals surface area (Å²) in [5.41, 5.74) is 6.60. The van der Waals surface area contributed by atoms with Crippen LogP contribution in [0.15, 0.2) is 18.3 Å². The number of amides is 1. The standard InChI is InChI=1S/C15H25N3O2/c1-12-5-3-8-18(14(12)11-16)15(19)13-6-4-7-17(13)9-10-20-2/h4,6-7,12,14H,3,5,8-11,16H2,1-2H3. The highest BCUT2D eigenvalue weighted by molar-refractivity contribution is 5.93. The Balaban J connectivity index is 2.15. The smallest absolute Gasteiger partial charge is 0.270 e. The highest BCUT2D eigenvalue weighted by Crippen LogP contribution is 2.24. The summed E-state index contributed by atoms with van der Waals surface area (Å²) in [6.07, 6.45) is 4.13. The fourth-order valence-corrected chi connectivity index (χ4v) is 3.00. The molecule has 5 heteroatoms. The molecule has 1 aliphatic rings. The molecule has 0 aliphatic carbocycles. The third-order valence-corrected chi connectivity index (χ3v) is 4.20. The molecule has 0 saturated carbocycles. The van der Waals surface area contributed by atoms with Gasteiger partial charge in [0, 0.05) is 39.0 Å². The van der Waals surface area contributed by atoms with Crippen LogP contribution < -0.4 is 5.73 Å². The lowest BCUT2D eigenvalue weighted by Crippen LogP contribution is -2.51. The third kappa shape index (κ3) is 3.04. The first-order valence-corrected chi connectivity index (χ1v) is 7.34. The van der Waals surface area contributed by atoms with Gasteiger partial charge in [0.1, 0.15) is 5.69 Å². The Bertz CT molecular complexity index is 444. The van der Waals surface area contributed by atoms with Gasteiger partial charge in [-0.05, 0) is 30.9 Å². The number of piperidine rings is 1. The van der Waals surface area contributed by atoms with Crippen LogP contribution in [0.1, 0.15) is 30.3 Å². The Kier molecular flexibility index (Phi) is 5.20. The predicted molar refractivity (Wildman–Crippen MR) is 78.6 cm³/mol. The van der Waals surface area contributed by atoms with Crippen molar-refractivity contribution < 1.29 is 9.53 Å². The van der Waals surface area contributed by atoms with E-state index in [1.165, 1.54) is 0 Å². The van der Waals surface area contributed by atoms with Gasteiger partial charge < -0.3 is 19.9 Å². The van der Waals surface area contributed by atoms with Gasteiger partial charge in [-0.3, -0.25) is 4.79 Å². The van der Waals surface area contributed by atoms with Crippen LogP contribution >= 0.6 is 0 Å². The number of hydrogen-bond acceptors (Lipinski definition) is 3. The Morgan fingerprint density at radius 1 is 1.55 bits per heavy atom. The summed E-state index contributed by atoms with van der Waals surface area (Å²) >= 11 is 0. The molecule has 5 nitrogen and oxygen atoms in total. The summed E-state index contributed by atoms with van der Waals surface area (Å²) in [5, 5.41) is 0. The summed E-state index contributed by atoms with van der Waals surface area (Å²) < 4.78 is 7.05. The van der Waals surface area contributed by atoms with E-state index in [2.05, 4.69) is 6.92 Å². The van der Waals surface area contributed by atoms with Crippen LogP contribution in [-0.4, -0.2) is 48.2 Å². The molecular weight excluding hydrogens is 254 g/mol. The van der Waals surface area contributed by atoms with Crippen LogP contribution in [0.2, 0.25) is 0 Å². The molecule has 1 saturated heterocycles. The maximum Gasteiger partial charge on any atom is 0.270 e. The van der Waals surface area contributed by atoms with Gasteiger partial charge >= 0.3 is 0 Å². The zero-order valence-electron chi connectivity index (χ0n) is 12.4. The van der Waals surface area contributed by atoms with E-state index >= 15 is 0 Å². The molecule has 0 spiro atoms. The largest absolute Gasteiger partial charge is 0.383 e. The van der Waals surface area contributed by atoms with Crippen LogP contribution in [0, 0.1) is 5.92 Å². The van der Waals surface area contributed by atoms with E-state index in [9.17, 15) is 4.79 Å². The lowest BCUT2D eigenvalue weighted by Gasteiger charge is -2.39. The lowest BCUT2D eigenvalue weighted by atomic mass is 9.90. The van der Waals surface area contributed by atoms with Crippen molar-refractivity contribution >= 4 is 5.91 Å². The maximum atomic E-state index is 12.8. The number of methoxy groups -OCH3 is 1. The van der Waals surface area contributed by atoms with E-state index in [1.807, 2.05) is 27.8 Å². The van der Waals surface area contributed by atoms with Crippen LogP contribution in [0.4, 0.5) is 0 Å². The molecule has 112 valence electrons. The van der Waals surface area contributed by atoms with Crippen molar-refractivity contribution in [2.24, 2.45) is 11.7 Å². The van der Waals surface area contributed by atoms with Crippen molar-refractivity contribution in [3.05, 3.63) is 24.0 Å². The van der Waals surface area contributed by atoms with Gasteiger partial charge in [-0.15, -0.1) is 0 Å². The number of carbonyl (C=O) groups is 1. The van der Waals surface area contributed by atoms with Gasteiger partial charge in [0.05, 0.1) is 6.61 Å². The SMILES string of the molecule is COCCn1cccc1C(=O)N1CCCC(C)C1CN. The Morgan fingerprint density at radius 3 is 3.05 bits per heavy atom. The molecule has 2 heterocycles. The van der Waals surface area contributed by atoms with Crippen LogP contribution in [0.3, 0.4) is 0 Å². The van der Waals surface area contributed by atoms with E-state index in [0.29, 0.717) is 25.6 Å². The van der Waals surface area contributed by atoms with E-state index in [4.69, 9.17) is 10.5 Å². The van der Waals surface area contributed by atoms with Crippen molar-refractivity contribution in [3.63, 3.8) is 0 Å². The van der Waals surface area contributed by atoms with Gasteiger partial charge in [0.2, 0.25) is 0 Å². The van der Waals surface area contributed by atoms with Crippen molar-refractivity contribution in [2.75, 3.05) is 26.8 Å². The minimum Gasteiger partial charge on any atom is -0.383 e. The van der Waals surface area contributed by atoms with Crippen LogP contribution in [0.25, 0.3) is 0 Å². The zero-order valence-corrected chi connectivity index (χ0v) is 12.4. The molecule has 0 bridgehead atoms. The maximum absolute atomic E-state index is 12.8. The molecule has 20 heavy (non-hydrogen) atoms. The van der Waals surface area contributed by atoms with E-state index in [0.717, 1.165) is 25.1 Å². The normalized spacial score (nSPS) is 23.1. The molecule has 1 fully saturated rings. The molecule has 1 aromatic heterocycles. The Labute approximate surface area is 120 Å². The number of ether oxygens (including phenoxy) is 1. The molecule has 2 N–H and O–H groups in total. The number of nitrogens with zero attached hydrogens (tertiary/aromatic N) is 2. The van der Waals surface area contributed by atoms with Gasteiger partial charge in [0.25, 0.3) is 5.91 Å². The van der Waals surface area contributed by atoms with E-state index < -0.39 is 0 Å². The molecular formula is C15H25N3O2. The fourth-order valence-electron chi connectivity index (χ4n) is 3.00. The van der Waals surface area contributed by atoms with Crippen LogP contribution in [0.5, 0.6) is 0 Å². The van der Waals surface area contributed by atoms with Crippen molar-refractivity contribution in [1.29, 1.82) is 0 Å². The minimum atomic E-state index is 0.0908. The second-order valence-electron chi connectivity index (χ2n) is 5.50. The fraction of sp³-hybridized carbons (Fsp3) is 0.667. The van der Waals surface area contributed by atoms with Crippen molar-refractivity contribution in [3.8, 4) is 0 Å². The molecule has 1 amide bonds. The average molecular weight is 279 g/mol. The lowest BCUT2D eigenvalue weighted by molar-refractivity contribution is 0.0519. The first-order valence-electron chi connectivity index (χ1n) is 7.34. The van der Waals surface area contributed by atoms with Gasteiger partial charge in [-0.2, -0.15) is 0 Å². The quantitative estimate of drug-likeness (QED) is 0.884. The highest BCUT2D eigenvalue weighted by Gasteiger charge is 2.32. The van der Waals surface area contributed by atoms with E-state index in [1.54, 1.807) is 7.11 Å². The second-order valence-corrected chi connectivity index (χ2v) is 5.50. The number of rotatable bonds is 5. The van der Waals surface area contributed by atoms with Crippen molar-refractivity contribution in [1.82, 2.24) is 9.47 Å². The predicted octanol–water partition coefficient (Wildman–Crippen LogP) is 1.33. The zero-order chi connectivity index (χ0) is 14.5. The summed E-state index contributed by atoms with van der Waals surface area (Å²) in [6.45, 7) is 4.82. The highest BCUT2D eigenvalue weighted by atomic mass is 16.5. The first-order chi connectivity index (χ1) is 9.69. The monoisotopic (exact) mass is 279 g/mol. The molecule has 2 rings (SSSR count). The average Bonchev–Trinajstić information content (AvgIpc) is 2.92. The summed E-state index contributed by atoms with van der Waals surface area (Å²) in [4.78, 5) is 14.7. The number of hydrogen-bond donors (Lipinski definition) is 1. The number of aromatic nitrogens is 1. The van der Waals surface area contributed by atoms with Crippen LogP contribution in [-0.2, 0) is 11.3 Å². The summed E-state index contributed by atoms with van der Waals surface area (Å²) in [7, 11) is 1.67. The van der Waals surface area contributed by atoms with Gasteiger partial charge in [0.15, 0.2) is 0 Å². The number of likely N-dealkylation sites (tertiary alicyclic amines) is 1. The molecule has 1 aromatic rings. The van der Waals surface area contributed by atoms with E-state index in [-0.39, 0.29) is 11.9 Å². The first kappa shape index (κ1) is 15.1. The molecule has 2 atom stereocenters. The second kappa shape index (κ2) is 6.90. The number of carbonyl (C=O) groups excluding carboxylic acids is 1. The molecule has 1 aliphatic heterocycles. The van der Waals surface area contributed by atoms with Gasteiger partial charge in [-0.25, -0.2) is 0 Å². The Hall–Kier alpha value is -1.33.